The average Bonchev–Trinajstić information content (AvgIpc) is 3.36. The van der Waals surface area contributed by atoms with Crippen molar-refractivity contribution in [3.05, 3.63) is 93.9 Å². The van der Waals surface area contributed by atoms with Crippen molar-refractivity contribution in [1.29, 1.82) is 0 Å². The van der Waals surface area contributed by atoms with E-state index in [1.165, 1.54) is 48.2 Å². The van der Waals surface area contributed by atoms with Crippen LogP contribution in [-0.4, -0.2) is 51.9 Å². The maximum atomic E-state index is 15.8. The number of benzene rings is 3. The van der Waals surface area contributed by atoms with Crippen LogP contribution in [0.3, 0.4) is 0 Å². The number of unbranched alkanes of at least 4 members (excludes halogenated alkanes) is 1. The number of aryl methyl sites for hydroxylation is 1. The lowest BCUT2D eigenvalue weighted by atomic mass is 10.0. The number of anilines is 1. The molecule has 0 fully saturated rings. The zero-order valence-electron chi connectivity index (χ0n) is 29.1. The summed E-state index contributed by atoms with van der Waals surface area (Å²) in [6.07, 6.45) is -4.69. The van der Waals surface area contributed by atoms with Gasteiger partial charge >= 0.3 is 18.0 Å². The Morgan fingerprint density at radius 3 is 2.35 bits per heavy atom. The highest BCUT2D eigenvalue weighted by molar-refractivity contribution is 7.99. The lowest BCUT2D eigenvalue weighted by Crippen LogP contribution is -2.36. The van der Waals surface area contributed by atoms with Gasteiger partial charge in [0.05, 0.1) is 28.4 Å². The number of aromatic nitrogens is 3. The van der Waals surface area contributed by atoms with Crippen molar-refractivity contribution in [3.8, 4) is 16.8 Å². The smallest absolute Gasteiger partial charge is 0.421 e. The maximum absolute atomic E-state index is 15.8. The monoisotopic (exact) mass is 765 g/mol. The summed E-state index contributed by atoms with van der Waals surface area (Å²) in [5.41, 5.74) is -3.50. The number of alkyl halides is 3. The number of thioether (sulfide) groups is 1. The number of nitrogens with zero attached hydrogens (tertiary/aromatic N) is 3. The van der Waals surface area contributed by atoms with Crippen molar-refractivity contribution in [3.63, 3.8) is 0 Å². The Labute approximate surface area is 302 Å². The molecule has 0 aliphatic rings. The number of sulfonamides is 1. The minimum atomic E-state index is -4.88. The molecule has 11 nitrogen and oxygen atoms in total. The minimum Gasteiger partial charge on any atom is -0.443 e. The molecule has 0 saturated heterocycles. The van der Waals surface area contributed by atoms with Gasteiger partial charge in [-0.25, -0.2) is 27.1 Å². The summed E-state index contributed by atoms with van der Waals surface area (Å²) in [6, 6.07) is 12.3. The van der Waals surface area contributed by atoms with Gasteiger partial charge in [-0.3, -0.25) is 9.36 Å². The van der Waals surface area contributed by atoms with Gasteiger partial charge in [-0.05, 0) is 68.8 Å². The van der Waals surface area contributed by atoms with Crippen molar-refractivity contribution >= 4 is 39.5 Å². The summed E-state index contributed by atoms with van der Waals surface area (Å²) in [5, 5.41) is 6.80. The highest BCUT2D eigenvalue weighted by atomic mass is 32.2. The predicted octanol–water partition coefficient (Wildman–Crippen LogP) is 7.15. The van der Waals surface area contributed by atoms with E-state index in [4.69, 9.17) is 4.74 Å². The van der Waals surface area contributed by atoms with Crippen molar-refractivity contribution in [2.24, 2.45) is 0 Å². The molecule has 1 heterocycles. The Balaban J connectivity index is 1.74. The van der Waals surface area contributed by atoms with E-state index in [9.17, 15) is 36.0 Å². The molecule has 0 aliphatic carbocycles. The molecule has 0 saturated carbocycles. The topological polar surface area (TPSA) is 141 Å². The molecule has 3 aromatic carbocycles. The number of nitrogens with one attached hydrogen (secondary N) is 2. The quantitative estimate of drug-likeness (QED) is 0.137. The van der Waals surface area contributed by atoms with E-state index in [1.807, 2.05) is 18.6 Å². The van der Waals surface area contributed by atoms with Gasteiger partial charge in [-0.1, -0.05) is 50.6 Å². The molecule has 0 aliphatic heterocycles. The fourth-order valence-corrected chi connectivity index (χ4v) is 6.67. The van der Waals surface area contributed by atoms with Crippen LogP contribution in [0.5, 0.6) is 0 Å². The molecule has 280 valence electrons. The van der Waals surface area contributed by atoms with Gasteiger partial charge in [0.1, 0.15) is 17.2 Å². The maximum Gasteiger partial charge on any atom is 0.421 e. The van der Waals surface area contributed by atoms with Gasteiger partial charge in [-0.15, -0.1) is 5.10 Å². The highest BCUT2D eigenvalue weighted by Gasteiger charge is 2.35. The molecule has 0 unspecified atom stereocenters. The molecule has 4 rings (SSSR count). The number of carbonyl (C=O) groups is 2. The van der Waals surface area contributed by atoms with Crippen molar-refractivity contribution < 1.29 is 40.3 Å². The van der Waals surface area contributed by atoms with Gasteiger partial charge in [-0.2, -0.15) is 29.6 Å². The van der Waals surface area contributed by atoms with E-state index in [1.54, 1.807) is 20.8 Å². The average molecular weight is 766 g/mol. The molecule has 0 radical (unpaired) electrons. The molecule has 2 N–H and O–H groups in total. The molecule has 1 aromatic heterocycles. The van der Waals surface area contributed by atoms with Gasteiger partial charge in [0.15, 0.2) is 0 Å². The van der Waals surface area contributed by atoms with Gasteiger partial charge < -0.3 is 10.1 Å². The van der Waals surface area contributed by atoms with Crippen LogP contribution < -0.4 is 15.7 Å². The third-order valence-corrected chi connectivity index (χ3v) is 9.68. The predicted molar refractivity (Wildman–Crippen MR) is 191 cm³/mol. The summed E-state index contributed by atoms with van der Waals surface area (Å²) in [7, 11) is -4.46. The van der Waals surface area contributed by atoms with Crippen LogP contribution in [0.15, 0.2) is 70.4 Å². The number of carbonyl (C=O) groups excluding carboxylic acids is 2. The molecule has 0 spiro atoms. The normalized spacial score (nSPS) is 12.1. The highest BCUT2D eigenvalue weighted by Crippen LogP contribution is 2.35. The van der Waals surface area contributed by atoms with Crippen LogP contribution in [-0.2, 0) is 38.7 Å². The zero-order chi connectivity index (χ0) is 38.4. The van der Waals surface area contributed by atoms with Crippen LogP contribution in [0.25, 0.3) is 16.8 Å². The molecule has 0 bridgehead atoms. The van der Waals surface area contributed by atoms with Crippen LogP contribution in [0.2, 0.25) is 0 Å². The number of amides is 2. The second-order valence-corrected chi connectivity index (χ2v) is 15.6. The Morgan fingerprint density at radius 1 is 1.00 bits per heavy atom. The van der Waals surface area contributed by atoms with E-state index < -0.39 is 63.1 Å². The molecule has 2 amide bonds. The molecule has 17 heteroatoms. The lowest BCUT2D eigenvalue weighted by Gasteiger charge is -2.20. The van der Waals surface area contributed by atoms with Crippen LogP contribution in [0.1, 0.15) is 64.4 Å². The Morgan fingerprint density at radius 2 is 1.71 bits per heavy atom. The van der Waals surface area contributed by atoms with Crippen LogP contribution in [0, 0.1) is 5.82 Å². The third-order valence-electron chi connectivity index (χ3n) is 7.43. The summed E-state index contributed by atoms with van der Waals surface area (Å²) in [4.78, 5) is 38.1. The Bertz CT molecular complexity index is 2110. The number of ether oxygens (including phenoxy) is 1. The zero-order valence-corrected chi connectivity index (χ0v) is 30.8. The molecular formula is C35H39F4N5O6S2. The second-order valence-electron chi connectivity index (χ2n) is 12.6. The number of rotatable bonds is 13. The second kappa shape index (κ2) is 16.4. The van der Waals surface area contributed by atoms with E-state index in [2.05, 4.69) is 10.4 Å². The minimum absolute atomic E-state index is 0.0270. The summed E-state index contributed by atoms with van der Waals surface area (Å²) >= 11 is 1.33. The van der Waals surface area contributed by atoms with E-state index in [0.29, 0.717) is 23.3 Å². The van der Waals surface area contributed by atoms with E-state index >= 15 is 4.39 Å². The first kappa shape index (κ1) is 40.1. The fourth-order valence-electron chi connectivity index (χ4n) is 5.11. The molecule has 4 aromatic rings. The van der Waals surface area contributed by atoms with Gasteiger partial charge in [0, 0.05) is 23.2 Å². The Hall–Kier alpha value is -4.64. The van der Waals surface area contributed by atoms with E-state index in [-0.39, 0.29) is 45.3 Å². The Kier molecular flexibility index (Phi) is 12.6. The molecule has 52 heavy (non-hydrogen) atoms. The largest absolute Gasteiger partial charge is 0.443 e. The first-order valence-corrected chi connectivity index (χ1v) is 18.9. The summed E-state index contributed by atoms with van der Waals surface area (Å²) in [5.74, 6) is -0.418. The lowest BCUT2D eigenvalue weighted by molar-refractivity contribution is -0.137. The van der Waals surface area contributed by atoms with Crippen molar-refractivity contribution in [2.45, 2.75) is 77.1 Å². The molecule has 0 atom stereocenters. The van der Waals surface area contributed by atoms with Crippen LogP contribution in [0.4, 0.5) is 28.0 Å². The first-order valence-electron chi connectivity index (χ1n) is 16.3. The standard InChI is InChI=1S/C35H39F4N5O6S2/c1-6-8-13-30-41-44(28-19-24(40-31(45)21-51-7-2)16-17-26(28)35(37,38)39)33(47)43(30)20-23-15-14-22(18-27(23)36)25-11-9-10-12-29(25)52(48,49)42-32(46)50-34(3,4)5/h9-12,14-19H,6-8,13,20-21H2,1-5H3,(H,40,45)(H,42,46). The number of halogens is 4. The summed E-state index contributed by atoms with van der Waals surface area (Å²) in [6.45, 7) is 8.03. The van der Waals surface area contributed by atoms with Crippen molar-refractivity contribution in [1.82, 2.24) is 19.1 Å². The molecular weight excluding hydrogens is 727 g/mol. The third kappa shape index (κ3) is 10.0. The summed E-state index contributed by atoms with van der Waals surface area (Å²) < 4.78 is 93.3. The van der Waals surface area contributed by atoms with Crippen molar-refractivity contribution in [2.75, 3.05) is 16.8 Å². The number of hydrogen-bond acceptors (Lipinski definition) is 8. The van der Waals surface area contributed by atoms with Gasteiger partial charge in [0.25, 0.3) is 10.0 Å². The number of hydrogen-bond donors (Lipinski definition) is 2. The SMILES string of the molecule is CCCCc1nn(-c2cc(NC(=O)CSCC)ccc2C(F)(F)F)c(=O)n1Cc1ccc(-c2ccccc2S(=O)(=O)NC(=O)OC(C)(C)C)cc1F. The van der Waals surface area contributed by atoms with Gasteiger partial charge in [0.2, 0.25) is 5.91 Å². The fraction of sp³-hybridized carbons (Fsp3) is 0.371. The first-order chi connectivity index (χ1) is 24.3. The van der Waals surface area contributed by atoms with Crippen LogP contribution >= 0.6 is 11.8 Å². The van der Waals surface area contributed by atoms with E-state index in [0.717, 1.165) is 28.8 Å².